The van der Waals surface area contributed by atoms with Crippen molar-refractivity contribution in [2.75, 3.05) is 0 Å². The number of aromatic nitrogens is 2. The third-order valence-corrected chi connectivity index (χ3v) is 2.72. The minimum atomic E-state index is -1.03. The van der Waals surface area contributed by atoms with E-state index in [0.29, 0.717) is 5.56 Å². The molecule has 1 atom stereocenters. The van der Waals surface area contributed by atoms with E-state index in [2.05, 4.69) is 4.98 Å². The Hall–Kier alpha value is -1.88. The van der Waals surface area contributed by atoms with Gasteiger partial charge in [0.2, 0.25) is 0 Å². The highest BCUT2D eigenvalue weighted by Crippen LogP contribution is 2.18. The van der Waals surface area contributed by atoms with Crippen molar-refractivity contribution in [2.45, 2.75) is 25.8 Å². The summed E-state index contributed by atoms with van der Waals surface area (Å²) < 4.78 is 1.89. The third kappa shape index (κ3) is 2.01. The van der Waals surface area contributed by atoms with E-state index in [4.69, 9.17) is 10.8 Å². The van der Waals surface area contributed by atoms with E-state index in [-0.39, 0.29) is 5.92 Å². The van der Waals surface area contributed by atoms with Crippen molar-refractivity contribution in [3.05, 3.63) is 35.9 Å². The number of pyridine rings is 1. The van der Waals surface area contributed by atoms with Gasteiger partial charge in [-0.3, -0.25) is 4.79 Å². The number of carboxylic acid groups (broad SMARTS) is 1. The SMILES string of the molecule is CC(C)c1ncc2ccc(C(N)C(=O)O)cn12. The van der Waals surface area contributed by atoms with E-state index in [1.54, 1.807) is 18.5 Å². The molecule has 0 aliphatic heterocycles. The van der Waals surface area contributed by atoms with Crippen LogP contribution in [0.4, 0.5) is 0 Å². The lowest BCUT2D eigenvalue weighted by atomic mass is 10.1. The first-order chi connectivity index (χ1) is 8.00. The summed E-state index contributed by atoms with van der Waals surface area (Å²) in [5, 5.41) is 8.89. The van der Waals surface area contributed by atoms with Gasteiger partial charge >= 0.3 is 5.97 Å². The van der Waals surface area contributed by atoms with Crippen LogP contribution in [0.1, 0.15) is 37.2 Å². The summed E-state index contributed by atoms with van der Waals surface area (Å²) in [6.45, 7) is 4.08. The van der Waals surface area contributed by atoms with Gasteiger partial charge in [-0.05, 0) is 11.6 Å². The molecular formula is C12H15N3O2. The summed E-state index contributed by atoms with van der Waals surface area (Å²) >= 11 is 0. The fourth-order valence-electron chi connectivity index (χ4n) is 1.78. The molecule has 0 radical (unpaired) electrons. The van der Waals surface area contributed by atoms with Gasteiger partial charge in [0.05, 0.1) is 11.7 Å². The van der Waals surface area contributed by atoms with Gasteiger partial charge in [-0.1, -0.05) is 19.9 Å². The van der Waals surface area contributed by atoms with E-state index in [9.17, 15) is 4.79 Å². The molecule has 2 rings (SSSR count). The molecule has 0 aromatic carbocycles. The van der Waals surface area contributed by atoms with Crippen LogP contribution < -0.4 is 5.73 Å². The van der Waals surface area contributed by atoms with Crippen molar-refractivity contribution >= 4 is 11.5 Å². The molecule has 2 aromatic rings. The molecule has 0 spiro atoms. The zero-order valence-corrected chi connectivity index (χ0v) is 9.79. The number of carboxylic acids is 1. The summed E-state index contributed by atoms with van der Waals surface area (Å²) in [6.07, 6.45) is 3.52. The molecule has 2 heterocycles. The molecule has 17 heavy (non-hydrogen) atoms. The number of fused-ring (bicyclic) bond motifs is 1. The van der Waals surface area contributed by atoms with Crippen LogP contribution in [0.15, 0.2) is 24.5 Å². The van der Waals surface area contributed by atoms with Crippen LogP contribution >= 0.6 is 0 Å². The van der Waals surface area contributed by atoms with Gasteiger partial charge in [0.15, 0.2) is 0 Å². The number of nitrogens with two attached hydrogens (primary N) is 1. The van der Waals surface area contributed by atoms with Crippen LogP contribution in [0, 0.1) is 0 Å². The number of nitrogens with zero attached hydrogens (tertiary/aromatic N) is 2. The molecule has 5 heteroatoms. The maximum atomic E-state index is 10.8. The minimum absolute atomic E-state index is 0.272. The van der Waals surface area contributed by atoms with Gasteiger partial charge in [-0.2, -0.15) is 0 Å². The predicted molar refractivity (Wildman–Crippen MR) is 63.8 cm³/mol. The summed E-state index contributed by atoms with van der Waals surface area (Å²) in [5.74, 6) is 0.142. The van der Waals surface area contributed by atoms with Crippen LogP contribution in [0.2, 0.25) is 0 Å². The van der Waals surface area contributed by atoms with E-state index < -0.39 is 12.0 Å². The van der Waals surface area contributed by atoms with Crippen LogP contribution in [0.3, 0.4) is 0 Å². The smallest absolute Gasteiger partial charge is 0.325 e. The molecule has 5 nitrogen and oxygen atoms in total. The second-order valence-electron chi connectivity index (χ2n) is 4.34. The van der Waals surface area contributed by atoms with Crippen molar-refractivity contribution in [3.63, 3.8) is 0 Å². The predicted octanol–water partition coefficient (Wildman–Crippen LogP) is 1.54. The summed E-state index contributed by atoms with van der Waals surface area (Å²) in [4.78, 5) is 15.2. The minimum Gasteiger partial charge on any atom is -0.480 e. The normalized spacial score (nSPS) is 13.2. The number of imidazole rings is 1. The fourth-order valence-corrected chi connectivity index (χ4v) is 1.78. The average molecular weight is 233 g/mol. The van der Waals surface area contributed by atoms with Crippen molar-refractivity contribution in [1.29, 1.82) is 0 Å². The van der Waals surface area contributed by atoms with Gasteiger partial charge in [-0.15, -0.1) is 0 Å². The second-order valence-corrected chi connectivity index (χ2v) is 4.34. The van der Waals surface area contributed by atoms with Gasteiger partial charge < -0.3 is 15.2 Å². The van der Waals surface area contributed by atoms with Gasteiger partial charge in [-0.25, -0.2) is 4.98 Å². The molecule has 0 fully saturated rings. The Morgan fingerprint density at radius 1 is 1.47 bits per heavy atom. The number of hydrogen-bond acceptors (Lipinski definition) is 3. The van der Waals surface area contributed by atoms with Crippen LogP contribution in [-0.4, -0.2) is 20.5 Å². The molecular weight excluding hydrogens is 218 g/mol. The standard InChI is InChI=1S/C12H15N3O2/c1-7(2)11-14-5-9-4-3-8(6-15(9)11)10(13)12(16)17/h3-7,10H,13H2,1-2H3,(H,16,17). The lowest BCUT2D eigenvalue weighted by Crippen LogP contribution is -2.21. The first-order valence-electron chi connectivity index (χ1n) is 5.46. The first-order valence-corrected chi connectivity index (χ1v) is 5.46. The molecule has 0 aliphatic rings. The molecule has 90 valence electrons. The maximum Gasteiger partial charge on any atom is 0.325 e. The second kappa shape index (κ2) is 4.18. The van der Waals surface area contributed by atoms with E-state index in [1.165, 1.54) is 0 Å². The Labute approximate surface area is 98.9 Å². The summed E-state index contributed by atoms with van der Waals surface area (Å²) in [7, 11) is 0. The highest BCUT2D eigenvalue weighted by molar-refractivity contribution is 5.75. The van der Waals surface area contributed by atoms with E-state index >= 15 is 0 Å². The van der Waals surface area contributed by atoms with Gasteiger partial charge in [0.25, 0.3) is 0 Å². The highest BCUT2D eigenvalue weighted by Gasteiger charge is 2.16. The average Bonchev–Trinajstić information content (AvgIpc) is 2.70. The topological polar surface area (TPSA) is 80.6 Å². The molecule has 0 bridgehead atoms. The van der Waals surface area contributed by atoms with Gasteiger partial charge in [0.1, 0.15) is 11.9 Å². The Morgan fingerprint density at radius 3 is 2.76 bits per heavy atom. The molecule has 0 amide bonds. The quantitative estimate of drug-likeness (QED) is 0.842. The maximum absolute atomic E-state index is 10.8. The molecule has 0 aliphatic carbocycles. The number of aliphatic carboxylic acids is 1. The Bertz CT molecular complexity index is 560. The Morgan fingerprint density at radius 2 is 2.18 bits per heavy atom. The fraction of sp³-hybridized carbons (Fsp3) is 0.333. The molecule has 2 aromatic heterocycles. The Balaban J connectivity index is 2.55. The number of hydrogen-bond donors (Lipinski definition) is 2. The van der Waals surface area contributed by atoms with Crippen molar-refractivity contribution in [2.24, 2.45) is 5.73 Å². The third-order valence-electron chi connectivity index (χ3n) is 2.72. The zero-order valence-electron chi connectivity index (χ0n) is 9.79. The molecule has 0 saturated carbocycles. The summed E-state index contributed by atoms with van der Waals surface area (Å²) in [6, 6.07) is 2.55. The van der Waals surface area contributed by atoms with Gasteiger partial charge in [0, 0.05) is 12.1 Å². The zero-order chi connectivity index (χ0) is 12.6. The lowest BCUT2D eigenvalue weighted by molar-refractivity contribution is -0.138. The van der Waals surface area contributed by atoms with Crippen LogP contribution in [0.25, 0.3) is 5.52 Å². The molecule has 0 saturated heterocycles. The molecule has 1 unspecified atom stereocenters. The van der Waals surface area contributed by atoms with Crippen LogP contribution in [-0.2, 0) is 4.79 Å². The number of rotatable bonds is 3. The highest BCUT2D eigenvalue weighted by atomic mass is 16.4. The van der Waals surface area contributed by atoms with E-state index in [1.807, 2.05) is 24.3 Å². The van der Waals surface area contributed by atoms with Crippen LogP contribution in [0.5, 0.6) is 0 Å². The first kappa shape index (κ1) is 11.6. The van der Waals surface area contributed by atoms with E-state index in [0.717, 1.165) is 11.3 Å². The monoisotopic (exact) mass is 233 g/mol. The largest absolute Gasteiger partial charge is 0.480 e. The van der Waals surface area contributed by atoms with Crippen molar-refractivity contribution in [1.82, 2.24) is 9.38 Å². The number of carbonyl (C=O) groups is 1. The van der Waals surface area contributed by atoms with Crippen molar-refractivity contribution in [3.8, 4) is 0 Å². The molecule has 3 N–H and O–H groups in total. The Kier molecular flexibility index (Phi) is 2.85. The lowest BCUT2D eigenvalue weighted by Gasteiger charge is -2.09. The van der Waals surface area contributed by atoms with Crippen molar-refractivity contribution < 1.29 is 9.90 Å². The summed E-state index contributed by atoms with van der Waals surface area (Å²) in [5.41, 5.74) is 7.10.